The summed E-state index contributed by atoms with van der Waals surface area (Å²) in [5.41, 5.74) is 0. The molecule has 1 heterocycles. The lowest BCUT2D eigenvalue weighted by Gasteiger charge is -2.34. The summed E-state index contributed by atoms with van der Waals surface area (Å²) in [4.78, 5) is 39.9. The molecule has 1 fully saturated rings. The molecule has 0 aromatic heterocycles. The van der Waals surface area contributed by atoms with E-state index in [1.165, 1.54) is 0 Å². The molecule has 0 saturated carbocycles. The van der Waals surface area contributed by atoms with E-state index in [9.17, 15) is 14.4 Å². The summed E-state index contributed by atoms with van der Waals surface area (Å²) in [7, 11) is 0. The topological polar surface area (TPSA) is 93.8 Å². The Balaban J connectivity index is 2.23. The minimum absolute atomic E-state index is 0.0526. The van der Waals surface area contributed by atoms with Crippen molar-refractivity contribution in [3.63, 3.8) is 0 Å². The zero-order valence-corrected chi connectivity index (χ0v) is 16.6. The molecule has 8 nitrogen and oxygen atoms in total. The van der Waals surface area contributed by atoms with Crippen molar-refractivity contribution in [2.75, 3.05) is 52.4 Å². The molecule has 0 aromatic carbocycles. The van der Waals surface area contributed by atoms with E-state index in [2.05, 4.69) is 39.6 Å². The second kappa shape index (κ2) is 11.9. The summed E-state index contributed by atoms with van der Waals surface area (Å²) >= 11 is 0. The molecule has 0 aliphatic carbocycles. The number of carbonyl (C=O) groups is 3. The van der Waals surface area contributed by atoms with Crippen molar-refractivity contribution in [3.8, 4) is 0 Å². The second-order valence-electron chi connectivity index (χ2n) is 7.33. The summed E-state index contributed by atoms with van der Waals surface area (Å²) in [6, 6.07) is -0.528. The minimum atomic E-state index is -0.528. The third-order valence-electron chi connectivity index (χ3n) is 4.23. The first-order chi connectivity index (χ1) is 12.3. The molecule has 1 rings (SSSR count). The van der Waals surface area contributed by atoms with E-state index in [1.807, 2.05) is 6.92 Å². The van der Waals surface area contributed by atoms with Crippen LogP contribution in [-0.4, -0.2) is 85.9 Å². The fourth-order valence-corrected chi connectivity index (χ4v) is 2.64. The number of nitrogens with one attached hydrogen (secondary N) is 3. The second-order valence-corrected chi connectivity index (χ2v) is 7.33. The van der Waals surface area contributed by atoms with Crippen LogP contribution < -0.4 is 16.0 Å². The molecule has 26 heavy (non-hydrogen) atoms. The van der Waals surface area contributed by atoms with Gasteiger partial charge in [0.2, 0.25) is 17.7 Å². The Labute approximate surface area is 157 Å². The Morgan fingerprint density at radius 3 is 1.92 bits per heavy atom. The van der Waals surface area contributed by atoms with Crippen LogP contribution >= 0.6 is 0 Å². The van der Waals surface area contributed by atoms with Crippen LogP contribution in [0, 0.1) is 5.92 Å². The Kier molecular flexibility index (Phi) is 10.2. The fraction of sp³-hybridized carbons (Fsp3) is 0.833. The van der Waals surface area contributed by atoms with Crippen LogP contribution in [0.1, 0.15) is 34.1 Å². The number of amides is 3. The van der Waals surface area contributed by atoms with E-state index in [4.69, 9.17) is 0 Å². The third-order valence-corrected chi connectivity index (χ3v) is 4.23. The van der Waals surface area contributed by atoms with Gasteiger partial charge in [0.25, 0.3) is 0 Å². The first kappa shape index (κ1) is 22.4. The Hall–Kier alpha value is -1.67. The lowest BCUT2D eigenvalue weighted by atomic mass is 10.2. The molecular weight excluding hydrogens is 334 g/mol. The maximum Gasteiger partial charge on any atom is 0.242 e. The summed E-state index contributed by atoms with van der Waals surface area (Å²) in [5.74, 6) is 0.197. The van der Waals surface area contributed by atoms with Crippen molar-refractivity contribution in [2.45, 2.75) is 40.2 Å². The zero-order chi connectivity index (χ0) is 19.5. The molecule has 0 bridgehead atoms. The highest BCUT2D eigenvalue weighted by molar-refractivity contribution is 5.87. The van der Waals surface area contributed by atoms with Gasteiger partial charge in [0.05, 0.1) is 13.1 Å². The molecule has 0 aromatic rings. The quantitative estimate of drug-likeness (QED) is 0.478. The van der Waals surface area contributed by atoms with E-state index in [1.54, 1.807) is 6.92 Å². The Morgan fingerprint density at radius 1 is 0.885 bits per heavy atom. The molecule has 1 aliphatic rings. The van der Waals surface area contributed by atoms with Gasteiger partial charge in [-0.1, -0.05) is 20.8 Å². The smallest absolute Gasteiger partial charge is 0.242 e. The molecule has 0 spiro atoms. The van der Waals surface area contributed by atoms with E-state index < -0.39 is 6.04 Å². The first-order valence-corrected chi connectivity index (χ1v) is 9.60. The molecule has 8 heteroatoms. The van der Waals surface area contributed by atoms with Crippen molar-refractivity contribution in [3.05, 3.63) is 0 Å². The number of piperazine rings is 1. The number of hydrogen-bond acceptors (Lipinski definition) is 5. The van der Waals surface area contributed by atoms with Crippen LogP contribution in [0.3, 0.4) is 0 Å². The van der Waals surface area contributed by atoms with Crippen LogP contribution in [0.5, 0.6) is 0 Å². The van der Waals surface area contributed by atoms with Gasteiger partial charge in [-0.15, -0.1) is 0 Å². The highest BCUT2D eigenvalue weighted by Gasteiger charge is 2.22. The molecule has 1 saturated heterocycles. The SMILES string of the molecule is CCCNC(=O)C(C)NC(=O)CN1CCN(CC(=O)NCC(C)C)CC1. The van der Waals surface area contributed by atoms with Crippen molar-refractivity contribution < 1.29 is 14.4 Å². The molecule has 1 atom stereocenters. The van der Waals surface area contributed by atoms with Gasteiger partial charge in [-0.05, 0) is 19.3 Å². The van der Waals surface area contributed by atoms with Crippen molar-refractivity contribution in [1.82, 2.24) is 25.8 Å². The normalized spacial score (nSPS) is 17.0. The molecule has 0 radical (unpaired) electrons. The van der Waals surface area contributed by atoms with Crippen molar-refractivity contribution in [1.29, 1.82) is 0 Å². The Bertz CT molecular complexity index is 462. The predicted octanol–water partition coefficient (Wildman–Crippen LogP) is -0.593. The lowest BCUT2D eigenvalue weighted by Crippen LogP contribution is -2.53. The van der Waals surface area contributed by atoms with E-state index >= 15 is 0 Å². The van der Waals surface area contributed by atoms with E-state index in [0.29, 0.717) is 25.6 Å². The van der Waals surface area contributed by atoms with Crippen LogP contribution in [0.4, 0.5) is 0 Å². The molecular formula is C18H35N5O3. The van der Waals surface area contributed by atoms with Gasteiger partial charge >= 0.3 is 0 Å². The van der Waals surface area contributed by atoms with Gasteiger partial charge in [-0.25, -0.2) is 0 Å². The highest BCUT2D eigenvalue weighted by atomic mass is 16.2. The number of rotatable bonds is 10. The lowest BCUT2D eigenvalue weighted by molar-refractivity contribution is -0.129. The third kappa shape index (κ3) is 9.15. The molecule has 150 valence electrons. The minimum Gasteiger partial charge on any atom is -0.355 e. The van der Waals surface area contributed by atoms with Gasteiger partial charge in [-0.3, -0.25) is 24.2 Å². The summed E-state index contributed by atoms with van der Waals surface area (Å²) in [6.07, 6.45) is 0.867. The van der Waals surface area contributed by atoms with Crippen LogP contribution in [0.25, 0.3) is 0 Å². The fourth-order valence-electron chi connectivity index (χ4n) is 2.64. The van der Waals surface area contributed by atoms with Crippen LogP contribution in [0.15, 0.2) is 0 Å². The van der Waals surface area contributed by atoms with Crippen LogP contribution in [-0.2, 0) is 14.4 Å². The van der Waals surface area contributed by atoms with Gasteiger partial charge < -0.3 is 16.0 Å². The van der Waals surface area contributed by atoms with Gasteiger partial charge in [0.1, 0.15) is 6.04 Å². The first-order valence-electron chi connectivity index (χ1n) is 9.60. The van der Waals surface area contributed by atoms with Crippen molar-refractivity contribution >= 4 is 17.7 Å². The molecule has 1 aliphatic heterocycles. The molecule has 3 amide bonds. The van der Waals surface area contributed by atoms with Gasteiger partial charge in [-0.2, -0.15) is 0 Å². The largest absolute Gasteiger partial charge is 0.355 e. The monoisotopic (exact) mass is 369 g/mol. The molecule has 3 N–H and O–H groups in total. The van der Waals surface area contributed by atoms with Gasteiger partial charge in [0.15, 0.2) is 0 Å². The average molecular weight is 370 g/mol. The number of hydrogen-bond donors (Lipinski definition) is 3. The van der Waals surface area contributed by atoms with E-state index in [-0.39, 0.29) is 24.3 Å². The maximum atomic E-state index is 12.1. The number of carbonyl (C=O) groups excluding carboxylic acids is 3. The average Bonchev–Trinajstić information content (AvgIpc) is 2.59. The zero-order valence-electron chi connectivity index (χ0n) is 16.6. The maximum absolute atomic E-state index is 12.1. The Morgan fingerprint density at radius 2 is 1.42 bits per heavy atom. The predicted molar refractivity (Wildman–Crippen MR) is 102 cm³/mol. The summed E-state index contributed by atoms with van der Waals surface area (Å²) in [5, 5.41) is 8.43. The standard InChI is InChI=1S/C18H35N5O3/c1-5-6-19-18(26)15(4)21-17(25)13-23-9-7-22(8-10-23)12-16(24)20-11-14(2)3/h14-15H,5-13H2,1-4H3,(H,19,26)(H,20,24)(H,21,25). The van der Waals surface area contributed by atoms with Gasteiger partial charge in [0, 0.05) is 39.3 Å². The highest BCUT2D eigenvalue weighted by Crippen LogP contribution is 2.01. The van der Waals surface area contributed by atoms with Crippen LogP contribution in [0.2, 0.25) is 0 Å². The van der Waals surface area contributed by atoms with Crippen molar-refractivity contribution in [2.24, 2.45) is 5.92 Å². The summed E-state index contributed by atoms with van der Waals surface area (Å²) < 4.78 is 0. The summed E-state index contributed by atoms with van der Waals surface area (Å²) in [6.45, 7) is 12.8. The number of nitrogens with zero attached hydrogens (tertiary/aromatic N) is 2. The molecule has 1 unspecified atom stereocenters. The van der Waals surface area contributed by atoms with E-state index in [0.717, 1.165) is 32.6 Å².